The van der Waals surface area contributed by atoms with Crippen LogP contribution in [-0.2, 0) is 17.6 Å². The Morgan fingerprint density at radius 3 is 2.68 bits per heavy atom. The van der Waals surface area contributed by atoms with Crippen molar-refractivity contribution in [3.63, 3.8) is 0 Å². The van der Waals surface area contributed by atoms with Gasteiger partial charge in [-0.1, -0.05) is 53.0 Å². The van der Waals surface area contributed by atoms with Gasteiger partial charge in [0.25, 0.3) is 0 Å². The summed E-state index contributed by atoms with van der Waals surface area (Å²) in [6.45, 7) is 0. The molecule has 0 spiro atoms. The van der Waals surface area contributed by atoms with Crippen molar-refractivity contribution < 1.29 is 4.79 Å². The summed E-state index contributed by atoms with van der Waals surface area (Å²) >= 11 is 3.12. The van der Waals surface area contributed by atoms with Crippen LogP contribution in [0.3, 0.4) is 0 Å². The molecule has 0 aliphatic heterocycles. The Balaban J connectivity index is 1.30. The summed E-state index contributed by atoms with van der Waals surface area (Å²) in [4.78, 5) is 12.2. The second-order valence-corrected chi connectivity index (χ2v) is 9.06. The van der Waals surface area contributed by atoms with Gasteiger partial charge in [0, 0.05) is 19.4 Å². The highest BCUT2D eigenvalue weighted by Crippen LogP contribution is 2.41. The maximum Gasteiger partial charge on any atom is 0.230 e. The molecule has 28 heavy (non-hydrogen) atoms. The molecule has 1 amide bonds. The first-order valence-electron chi connectivity index (χ1n) is 9.37. The van der Waals surface area contributed by atoms with Crippen molar-refractivity contribution in [2.75, 3.05) is 17.7 Å². The second kappa shape index (κ2) is 8.74. The molecule has 7 nitrogen and oxygen atoms in total. The molecule has 1 aliphatic carbocycles. The van der Waals surface area contributed by atoms with Crippen LogP contribution in [0.5, 0.6) is 0 Å². The highest BCUT2D eigenvalue weighted by molar-refractivity contribution is 7.15. The van der Waals surface area contributed by atoms with Crippen LogP contribution in [0.1, 0.15) is 40.8 Å². The smallest absolute Gasteiger partial charge is 0.230 e. The molecule has 2 heterocycles. The molecule has 0 radical (unpaired) electrons. The molecule has 4 rings (SSSR count). The molecule has 0 bridgehead atoms. The van der Waals surface area contributed by atoms with E-state index in [1.54, 1.807) is 11.3 Å². The largest absolute Gasteiger partial charge is 0.363 e. The fourth-order valence-corrected chi connectivity index (χ4v) is 5.28. The van der Waals surface area contributed by atoms with Crippen molar-refractivity contribution in [3.8, 4) is 0 Å². The number of anilines is 2. The molecular formula is C19H22N6OS2. The number of nitrogens with one attached hydrogen (secondary N) is 2. The van der Waals surface area contributed by atoms with Crippen molar-refractivity contribution in [1.82, 2.24) is 20.4 Å². The maximum absolute atomic E-state index is 12.2. The van der Waals surface area contributed by atoms with Crippen LogP contribution in [0.4, 0.5) is 10.3 Å². The summed E-state index contributed by atoms with van der Waals surface area (Å²) in [7, 11) is 1.86. The normalized spacial score (nSPS) is 18.9. The van der Waals surface area contributed by atoms with Gasteiger partial charge in [0.15, 0.2) is 0 Å². The number of benzene rings is 1. The van der Waals surface area contributed by atoms with Crippen molar-refractivity contribution in [3.05, 3.63) is 45.9 Å². The fourth-order valence-electron chi connectivity index (χ4n) is 3.56. The minimum Gasteiger partial charge on any atom is -0.363 e. The van der Waals surface area contributed by atoms with Gasteiger partial charge in [-0.05, 0) is 30.7 Å². The Morgan fingerprint density at radius 2 is 1.89 bits per heavy atom. The second-order valence-electron chi connectivity index (χ2n) is 6.99. The molecule has 1 saturated carbocycles. The van der Waals surface area contributed by atoms with Crippen LogP contribution < -0.4 is 10.6 Å². The highest BCUT2D eigenvalue weighted by Gasteiger charge is 2.29. The third-order valence-corrected chi connectivity index (χ3v) is 6.89. The van der Waals surface area contributed by atoms with E-state index in [1.165, 1.54) is 11.3 Å². The first kappa shape index (κ1) is 18.9. The standard InChI is InChI=1S/C19H22N6OS2/c1-20-18-24-22-16(27-18)11-13-7-8-14(9-13)17-23-25-19(28-17)21-15(26)10-12-5-3-2-4-6-12/h2-6,13-14H,7-11H2,1H3,(H,20,24)(H,21,25,26). The Bertz CT molecular complexity index is 925. The molecule has 9 heteroatoms. The predicted molar refractivity (Wildman–Crippen MR) is 112 cm³/mol. The van der Waals surface area contributed by atoms with E-state index in [2.05, 4.69) is 31.0 Å². The average molecular weight is 415 g/mol. The van der Waals surface area contributed by atoms with Crippen molar-refractivity contribution >= 4 is 38.8 Å². The van der Waals surface area contributed by atoms with E-state index in [-0.39, 0.29) is 5.91 Å². The zero-order valence-corrected chi connectivity index (χ0v) is 17.2. The van der Waals surface area contributed by atoms with E-state index in [0.29, 0.717) is 23.4 Å². The summed E-state index contributed by atoms with van der Waals surface area (Å²) in [5.74, 6) is 0.955. The third-order valence-electron chi connectivity index (χ3n) is 4.93. The molecule has 146 valence electrons. The molecule has 1 fully saturated rings. The van der Waals surface area contributed by atoms with Gasteiger partial charge in [0.1, 0.15) is 10.0 Å². The molecule has 2 unspecified atom stereocenters. The highest BCUT2D eigenvalue weighted by atomic mass is 32.1. The first-order valence-corrected chi connectivity index (χ1v) is 11.0. The zero-order chi connectivity index (χ0) is 19.3. The van der Waals surface area contributed by atoms with Gasteiger partial charge in [0.05, 0.1) is 6.42 Å². The minimum atomic E-state index is -0.0604. The lowest BCUT2D eigenvalue weighted by molar-refractivity contribution is -0.115. The fraction of sp³-hybridized carbons (Fsp3) is 0.421. The maximum atomic E-state index is 12.2. The summed E-state index contributed by atoms with van der Waals surface area (Å²) in [5, 5.41) is 26.3. The molecule has 0 saturated heterocycles. The number of hydrogen-bond donors (Lipinski definition) is 2. The number of carbonyl (C=O) groups is 1. The van der Waals surface area contributed by atoms with Crippen LogP contribution in [-0.4, -0.2) is 33.3 Å². The minimum absolute atomic E-state index is 0.0604. The van der Waals surface area contributed by atoms with Gasteiger partial charge in [-0.15, -0.1) is 20.4 Å². The predicted octanol–water partition coefficient (Wildman–Crippen LogP) is 3.74. The molecule has 1 aliphatic rings. The van der Waals surface area contributed by atoms with E-state index in [1.807, 2.05) is 37.4 Å². The topological polar surface area (TPSA) is 92.7 Å². The summed E-state index contributed by atoms with van der Waals surface area (Å²) < 4.78 is 0. The van der Waals surface area contributed by atoms with E-state index in [0.717, 1.165) is 46.4 Å². The zero-order valence-electron chi connectivity index (χ0n) is 15.6. The van der Waals surface area contributed by atoms with Crippen LogP contribution in [0, 0.1) is 5.92 Å². The number of nitrogens with zero attached hydrogens (tertiary/aromatic N) is 4. The number of rotatable bonds is 7. The summed E-state index contributed by atoms with van der Waals surface area (Å²) in [5.41, 5.74) is 0.987. The number of aromatic nitrogens is 4. The van der Waals surface area contributed by atoms with E-state index in [4.69, 9.17) is 0 Å². The molecule has 2 atom stereocenters. The van der Waals surface area contributed by atoms with Crippen LogP contribution in [0.15, 0.2) is 30.3 Å². The van der Waals surface area contributed by atoms with Gasteiger partial charge in [-0.25, -0.2) is 0 Å². The van der Waals surface area contributed by atoms with Gasteiger partial charge >= 0.3 is 0 Å². The van der Waals surface area contributed by atoms with Crippen molar-refractivity contribution in [1.29, 1.82) is 0 Å². The lowest BCUT2D eigenvalue weighted by Gasteiger charge is -2.06. The number of carbonyl (C=O) groups excluding carboxylic acids is 1. The Kier molecular flexibility index (Phi) is 5.92. The quantitative estimate of drug-likeness (QED) is 0.612. The molecule has 1 aromatic carbocycles. The summed E-state index contributed by atoms with van der Waals surface area (Å²) in [6.07, 6.45) is 4.66. The Hall–Kier alpha value is -2.39. The summed E-state index contributed by atoms with van der Waals surface area (Å²) in [6, 6.07) is 9.70. The Morgan fingerprint density at radius 1 is 1.07 bits per heavy atom. The lowest BCUT2D eigenvalue weighted by atomic mass is 10.0. The van der Waals surface area contributed by atoms with Crippen LogP contribution in [0.25, 0.3) is 0 Å². The third kappa shape index (κ3) is 4.71. The van der Waals surface area contributed by atoms with E-state index >= 15 is 0 Å². The number of hydrogen-bond acceptors (Lipinski definition) is 8. The van der Waals surface area contributed by atoms with Crippen LogP contribution in [0.2, 0.25) is 0 Å². The van der Waals surface area contributed by atoms with Crippen LogP contribution >= 0.6 is 22.7 Å². The first-order chi connectivity index (χ1) is 13.7. The molecule has 2 N–H and O–H groups in total. The molecule has 2 aromatic heterocycles. The van der Waals surface area contributed by atoms with Crippen molar-refractivity contribution in [2.24, 2.45) is 5.92 Å². The van der Waals surface area contributed by atoms with E-state index < -0.39 is 0 Å². The Labute approximate surface area is 171 Å². The molecular weight excluding hydrogens is 392 g/mol. The number of amides is 1. The van der Waals surface area contributed by atoms with Gasteiger partial charge in [-0.3, -0.25) is 4.79 Å². The van der Waals surface area contributed by atoms with Gasteiger partial charge in [-0.2, -0.15) is 0 Å². The SMILES string of the molecule is CNc1nnc(CC2CCC(c3nnc(NC(=O)Cc4ccccc4)s3)C2)s1. The lowest BCUT2D eigenvalue weighted by Crippen LogP contribution is -2.14. The van der Waals surface area contributed by atoms with Gasteiger partial charge in [0.2, 0.25) is 16.2 Å². The van der Waals surface area contributed by atoms with Crippen molar-refractivity contribution in [2.45, 2.75) is 38.0 Å². The van der Waals surface area contributed by atoms with Gasteiger partial charge < -0.3 is 10.6 Å². The average Bonchev–Trinajstić information content (AvgIpc) is 3.44. The monoisotopic (exact) mass is 414 g/mol. The molecule has 3 aromatic rings. The van der Waals surface area contributed by atoms with E-state index in [9.17, 15) is 4.79 Å².